The van der Waals surface area contributed by atoms with Crippen molar-refractivity contribution in [2.75, 3.05) is 7.11 Å². The quantitative estimate of drug-likeness (QED) is 0.830. The Morgan fingerprint density at radius 3 is 2.95 bits per heavy atom. The van der Waals surface area contributed by atoms with Gasteiger partial charge in [0.2, 0.25) is 0 Å². The summed E-state index contributed by atoms with van der Waals surface area (Å²) in [4.78, 5) is 4.21. The van der Waals surface area contributed by atoms with Crippen molar-refractivity contribution in [2.45, 2.75) is 18.7 Å². The van der Waals surface area contributed by atoms with Crippen LogP contribution in [0.2, 0.25) is 5.02 Å². The van der Waals surface area contributed by atoms with Crippen LogP contribution in [0.4, 0.5) is 10.1 Å². The highest BCUT2D eigenvalue weighted by molar-refractivity contribution is 6.33. The molecule has 5 heteroatoms. The van der Waals surface area contributed by atoms with Gasteiger partial charge < -0.3 is 4.74 Å². The van der Waals surface area contributed by atoms with E-state index in [-0.39, 0.29) is 5.71 Å². The molecule has 98 valence electrons. The molecule has 1 aliphatic rings. The Kier molecular flexibility index (Phi) is 4.31. The summed E-state index contributed by atoms with van der Waals surface area (Å²) in [6, 6.07) is 6.69. The third kappa shape index (κ3) is 3.01. The fourth-order valence-corrected chi connectivity index (χ4v) is 2.07. The van der Waals surface area contributed by atoms with Crippen LogP contribution in [0.1, 0.15) is 12.0 Å². The number of alkyl halides is 1. The summed E-state index contributed by atoms with van der Waals surface area (Å²) >= 11 is 6.01. The standard InChI is InChI=1S/C14H12ClFN2O/c1-19-13-4-2-3-12(14(13)16)18-11-6-5-9(8-17)7-10(11)15/h2-3,5-7,13-14H,4H2,1H3. The predicted molar refractivity (Wildman–Crippen MR) is 72.7 cm³/mol. The van der Waals surface area contributed by atoms with E-state index in [1.807, 2.05) is 12.1 Å². The maximum Gasteiger partial charge on any atom is 0.168 e. The van der Waals surface area contributed by atoms with Gasteiger partial charge in [-0.3, -0.25) is 0 Å². The molecule has 0 spiro atoms. The lowest BCUT2D eigenvalue weighted by atomic mass is 10.0. The van der Waals surface area contributed by atoms with Gasteiger partial charge >= 0.3 is 0 Å². The first-order chi connectivity index (χ1) is 9.15. The minimum atomic E-state index is -1.28. The van der Waals surface area contributed by atoms with Crippen LogP contribution in [0.15, 0.2) is 35.3 Å². The molecule has 0 fully saturated rings. The first-order valence-electron chi connectivity index (χ1n) is 5.77. The highest BCUT2D eigenvalue weighted by Crippen LogP contribution is 2.28. The Labute approximate surface area is 116 Å². The monoisotopic (exact) mass is 278 g/mol. The number of allylic oxidation sites excluding steroid dienone is 1. The molecule has 0 saturated heterocycles. The molecule has 2 atom stereocenters. The van der Waals surface area contributed by atoms with Gasteiger partial charge in [-0.05, 0) is 30.7 Å². The summed E-state index contributed by atoms with van der Waals surface area (Å²) in [5, 5.41) is 9.08. The van der Waals surface area contributed by atoms with Gasteiger partial charge in [0.05, 0.1) is 34.2 Å². The van der Waals surface area contributed by atoms with E-state index in [0.717, 1.165) is 0 Å². The Morgan fingerprint density at radius 2 is 2.32 bits per heavy atom. The number of hydrogen-bond donors (Lipinski definition) is 0. The average molecular weight is 279 g/mol. The predicted octanol–water partition coefficient (Wildman–Crippen LogP) is 3.60. The van der Waals surface area contributed by atoms with Gasteiger partial charge in [0.1, 0.15) is 0 Å². The molecule has 2 unspecified atom stereocenters. The second kappa shape index (κ2) is 5.96. The van der Waals surface area contributed by atoms with Crippen LogP contribution in [0.5, 0.6) is 0 Å². The topological polar surface area (TPSA) is 45.4 Å². The van der Waals surface area contributed by atoms with Crippen molar-refractivity contribution in [1.29, 1.82) is 5.26 Å². The maximum absolute atomic E-state index is 14.1. The highest BCUT2D eigenvalue weighted by Gasteiger charge is 2.27. The second-order valence-electron chi connectivity index (χ2n) is 4.13. The number of halogens is 2. The minimum absolute atomic E-state index is 0.282. The SMILES string of the molecule is COC1CC=CC(=Nc2ccc(C#N)cc2Cl)C1F. The lowest BCUT2D eigenvalue weighted by molar-refractivity contribution is 0.0595. The minimum Gasteiger partial charge on any atom is -0.378 e. The zero-order valence-electron chi connectivity index (χ0n) is 10.3. The molecule has 0 aromatic heterocycles. The lowest BCUT2D eigenvalue weighted by Gasteiger charge is -2.22. The number of ether oxygens (including phenoxy) is 1. The summed E-state index contributed by atoms with van der Waals surface area (Å²) in [5.74, 6) is 0. The molecule has 2 rings (SSSR count). The molecule has 0 aliphatic heterocycles. The summed E-state index contributed by atoms with van der Waals surface area (Å²) in [5.41, 5.74) is 1.17. The number of benzene rings is 1. The van der Waals surface area contributed by atoms with Crippen molar-refractivity contribution in [3.63, 3.8) is 0 Å². The van der Waals surface area contributed by atoms with Gasteiger partial charge in [-0.2, -0.15) is 5.26 Å². The fourth-order valence-electron chi connectivity index (χ4n) is 1.85. The number of methoxy groups -OCH3 is 1. The van der Waals surface area contributed by atoms with Crippen LogP contribution in [0.25, 0.3) is 0 Å². The number of aliphatic imine (C=N–C) groups is 1. The first-order valence-corrected chi connectivity index (χ1v) is 6.15. The van der Waals surface area contributed by atoms with Crippen LogP contribution < -0.4 is 0 Å². The lowest BCUT2D eigenvalue weighted by Crippen LogP contribution is -2.33. The van der Waals surface area contributed by atoms with Crippen molar-refractivity contribution < 1.29 is 9.13 Å². The Bertz CT molecular complexity index is 577. The van der Waals surface area contributed by atoms with Crippen molar-refractivity contribution in [1.82, 2.24) is 0 Å². The second-order valence-corrected chi connectivity index (χ2v) is 4.54. The molecule has 1 aromatic carbocycles. The van der Waals surface area contributed by atoms with Crippen molar-refractivity contribution in [2.24, 2.45) is 4.99 Å². The molecule has 0 radical (unpaired) electrons. The van der Waals surface area contributed by atoms with Gasteiger partial charge in [0, 0.05) is 7.11 Å². The van der Waals surface area contributed by atoms with Gasteiger partial charge in [-0.1, -0.05) is 17.7 Å². The highest BCUT2D eigenvalue weighted by atomic mass is 35.5. The molecule has 3 nitrogen and oxygen atoms in total. The van der Waals surface area contributed by atoms with Gasteiger partial charge in [-0.25, -0.2) is 9.38 Å². The number of hydrogen-bond acceptors (Lipinski definition) is 3. The summed E-state index contributed by atoms with van der Waals surface area (Å²) < 4.78 is 19.1. The summed E-state index contributed by atoms with van der Waals surface area (Å²) in [7, 11) is 1.47. The normalized spacial score (nSPS) is 24.4. The number of rotatable bonds is 2. The van der Waals surface area contributed by atoms with Crippen LogP contribution in [-0.4, -0.2) is 25.1 Å². The van der Waals surface area contributed by atoms with Gasteiger partial charge in [0.15, 0.2) is 6.17 Å². The van der Waals surface area contributed by atoms with Crippen molar-refractivity contribution in [3.05, 3.63) is 40.9 Å². The average Bonchev–Trinajstić information content (AvgIpc) is 2.43. The summed E-state index contributed by atoms with van der Waals surface area (Å²) in [6.45, 7) is 0. The third-order valence-electron chi connectivity index (χ3n) is 2.90. The van der Waals surface area contributed by atoms with E-state index in [2.05, 4.69) is 4.99 Å². The molecule has 1 aromatic rings. The van der Waals surface area contributed by atoms with E-state index >= 15 is 0 Å². The van der Waals surface area contributed by atoms with Crippen LogP contribution >= 0.6 is 11.6 Å². The van der Waals surface area contributed by atoms with E-state index < -0.39 is 12.3 Å². The van der Waals surface area contributed by atoms with Gasteiger partial charge in [0.25, 0.3) is 0 Å². The van der Waals surface area contributed by atoms with E-state index in [4.69, 9.17) is 21.6 Å². The van der Waals surface area contributed by atoms with E-state index in [1.54, 1.807) is 18.2 Å². The number of nitriles is 1. The van der Waals surface area contributed by atoms with Crippen LogP contribution in [-0.2, 0) is 4.74 Å². The Balaban J connectivity index is 2.33. The van der Waals surface area contributed by atoms with Crippen molar-refractivity contribution >= 4 is 23.0 Å². The molecule has 0 amide bonds. The van der Waals surface area contributed by atoms with Crippen LogP contribution in [0.3, 0.4) is 0 Å². The van der Waals surface area contributed by atoms with E-state index in [9.17, 15) is 4.39 Å². The molecule has 1 aliphatic carbocycles. The van der Waals surface area contributed by atoms with E-state index in [1.165, 1.54) is 13.2 Å². The van der Waals surface area contributed by atoms with Gasteiger partial charge in [-0.15, -0.1) is 0 Å². The molecule has 0 heterocycles. The molecule has 0 saturated carbocycles. The maximum atomic E-state index is 14.1. The zero-order valence-corrected chi connectivity index (χ0v) is 11.1. The largest absolute Gasteiger partial charge is 0.378 e. The van der Waals surface area contributed by atoms with E-state index in [0.29, 0.717) is 22.7 Å². The Morgan fingerprint density at radius 1 is 1.53 bits per heavy atom. The third-order valence-corrected chi connectivity index (χ3v) is 3.20. The van der Waals surface area contributed by atoms with Crippen molar-refractivity contribution in [3.8, 4) is 6.07 Å². The molecule has 0 N–H and O–H groups in total. The fraction of sp³-hybridized carbons (Fsp3) is 0.286. The zero-order chi connectivity index (χ0) is 13.8. The number of nitrogens with zero attached hydrogens (tertiary/aromatic N) is 2. The molecular weight excluding hydrogens is 267 g/mol. The Hall–Kier alpha value is -1.70. The van der Waals surface area contributed by atoms with Crippen LogP contribution in [0, 0.1) is 11.3 Å². The first kappa shape index (κ1) is 13.7. The molecule has 0 bridgehead atoms. The molecular formula is C14H12ClFN2O. The summed E-state index contributed by atoms with van der Waals surface area (Å²) in [6.07, 6.45) is 2.19. The smallest absolute Gasteiger partial charge is 0.168 e. The molecule has 19 heavy (non-hydrogen) atoms.